The van der Waals surface area contributed by atoms with E-state index >= 15 is 0 Å². The minimum absolute atomic E-state index is 0. The number of hydrogen-bond donors (Lipinski definition) is 2. The number of halogens is 4. The standard InChI is InChI=1S/C12H13F2IN2O.ClH/c13-9-5-8(11(15)6-10(9)14)12(18)17-7-1-3-16-4-2-7;/h5-7,16H,1-4H2,(H,17,18);1H. The lowest BCUT2D eigenvalue weighted by Crippen LogP contribution is -2.42. The molecule has 2 rings (SSSR count). The Labute approximate surface area is 130 Å². The molecule has 19 heavy (non-hydrogen) atoms. The number of nitrogens with one attached hydrogen (secondary N) is 2. The van der Waals surface area contributed by atoms with Crippen molar-refractivity contribution in [3.63, 3.8) is 0 Å². The summed E-state index contributed by atoms with van der Waals surface area (Å²) in [5.41, 5.74) is 0.188. The first kappa shape index (κ1) is 16.6. The van der Waals surface area contributed by atoms with E-state index in [1.54, 1.807) is 0 Å². The third-order valence-corrected chi connectivity index (χ3v) is 3.82. The summed E-state index contributed by atoms with van der Waals surface area (Å²) in [6, 6.07) is 2.09. The van der Waals surface area contributed by atoms with E-state index in [-0.39, 0.29) is 29.9 Å². The first-order valence-electron chi connectivity index (χ1n) is 5.74. The Bertz CT molecular complexity index is 467. The maximum absolute atomic E-state index is 13.1. The van der Waals surface area contributed by atoms with Crippen LogP contribution >= 0.6 is 35.0 Å². The Morgan fingerprint density at radius 3 is 2.47 bits per heavy atom. The average Bonchev–Trinajstić information content (AvgIpc) is 2.35. The third kappa shape index (κ3) is 4.25. The lowest BCUT2D eigenvalue weighted by Gasteiger charge is -2.23. The molecule has 0 unspecified atom stereocenters. The van der Waals surface area contributed by atoms with Crippen LogP contribution in [-0.4, -0.2) is 25.0 Å². The number of hydrogen-bond acceptors (Lipinski definition) is 2. The summed E-state index contributed by atoms with van der Waals surface area (Å²) in [4.78, 5) is 12.0. The molecule has 1 fully saturated rings. The first-order valence-corrected chi connectivity index (χ1v) is 6.82. The van der Waals surface area contributed by atoms with Gasteiger partial charge in [-0.2, -0.15) is 0 Å². The molecule has 1 heterocycles. The molecule has 106 valence electrons. The topological polar surface area (TPSA) is 41.1 Å². The fourth-order valence-electron chi connectivity index (χ4n) is 1.93. The minimum Gasteiger partial charge on any atom is -0.349 e. The maximum Gasteiger partial charge on any atom is 0.252 e. The van der Waals surface area contributed by atoms with E-state index in [9.17, 15) is 13.6 Å². The summed E-state index contributed by atoms with van der Waals surface area (Å²) in [7, 11) is 0. The van der Waals surface area contributed by atoms with Gasteiger partial charge in [0.05, 0.1) is 5.56 Å². The van der Waals surface area contributed by atoms with Gasteiger partial charge in [0, 0.05) is 9.61 Å². The molecule has 0 bridgehead atoms. The van der Waals surface area contributed by atoms with Gasteiger partial charge in [0.15, 0.2) is 11.6 Å². The summed E-state index contributed by atoms with van der Waals surface area (Å²) in [6.07, 6.45) is 1.71. The van der Waals surface area contributed by atoms with Crippen LogP contribution in [0.5, 0.6) is 0 Å². The van der Waals surface area contributed by atoms with Crippen LogP contribution in [0.4, 0.5) is 8.78 Å². The van der Waals surface area contributed by atoms with Crippen LogP contribution in [0, 0.1) is 15.2 Å². The Morgan fingerprint density at radius 2 is 1.84 bits per heavy atom. The van der Waals surface area contributed by atoms with Crippen LogP contribution in [0.25, 0.3) is 0 Å². The monoisotopic (exact) mass is 402 g/mol. The zero-order valence-electron chi connectivity index (χ0n) is 10.0. The van der Waals surface area contributed by atoms with Crippen molar-refractivity contribution >= 4 is 40.9 Å². The van der Waals surface area contributed by atoms with Gasteiger partial charge < -0.3 is 10.6 Å². The number of carbonyl (C=O) groups excluding carboxylic acids is 1. The Morgan fingerprint density at radius 1 is 1.26 bits per heavy atom. The van der Waals surface area contributed by atoms with Crippen LogP contribution in [0.2, 0.25) is 0 Å². The van der Waals surface area contributed by atoms with Crippen LogP contribution in [0.1, 0.15) is 23.2 Å². The van der Waals surface area contributed by atoms with E-state index in [1.165, 1.54) is 0 Å². The van der Waals surface area contributed by atoms with E-state index in [4.69, 9.17) is 0 Å². The lowest BCUT2D eigenvalue weighted by molar-refractivity contribution is 0.0928. The molecule has 1 saturated heterocycles. The summed E-state index contributed by atoms with van der Waals surface area (Å²) >= 11 is 1.83. The highest BCUT2D eigenvalue weighted by Crippen LogP contribution is 2.17. The van der Waals surface area contributed by atoms with Crippen LogP contribution < -0.4 is 10.6 Å². The fraction of sp³-hybridized carbons (Fsp3) is 0.417. The Kier molecular flexibility index (Phi) is 6.41. The third-order valence-electron chi connectivity index (χ3n) is 2.93. The smallest absolute Gasteiger partial charge is 0.252 e. The van der Waals surface area contributed by atoms with Gasteiger partial charge >= 0.3 is 0 Å². The molecule has 0 atom stereocenters. The van der Waals surface area contributed by atoms with E-state index in [0.29, 0.717) is 3.57 Å². The van der Waals surface area contributed by atoms with Crippen molar-refractivity contribution in [3.05, 3.63) is 32.9 Å². The van der Waals surface area contributed by atoms with E-state index < -0.39 is 11.6 Å². The normalized spacial score (nSPS) is 15.7. The zero-order chi connectivity index (χ0) is 13.1. The highest BCUT2D eigenvalue weighted by atomic mass is 127. The summed E-state index contributed by atoms with van der Waals surface area (Å²) < 4.78 is 26.5. The number of benzene rings is 1. The van der Waals surface area contributed by atoms with Crippen molar-refractivity contribution < 1.29 is 13.6 Å². The van der Waals surface area contributed by atoms with Gasteiger partial charge in [0.25, 0.3) is 5.91 Å². The zero-order valence-corrected chi connectivity index (χ0v) is 13.0. The van der Waals surface area contributed by atoms with Crippen molar-refractivity contribution in [1.29, 1.82) is 0 Å². The largest absolute Gasteiger partial charge is 0.349 e. The number of amides is 1. The predicted molar refractivity (Wildman–Crippen MR) is 79.7 cm³/mol. The first-order chi connectivity index (χ1) is 8.58. The molecular weight excluding hydrogens is 388 g/mol. The molecule has 0 radical (unpaired) electrons. The number of piperidine rings is 1. The van der Waals surface area contributed by atoms with Gasteiger partial charge in [-0.15, -0.1) is 12.4 Å². The second-order valence-corrected chi connectivity index (χ2v) is 5.41. The number of carbonyl (C=O) groups is 1. The van der Waals surface area contributed by atoms with Crippen molar-refractivity contribution in [3.8, 4) is 0 Å². The molecule has 3 nitrogen and oxygen atoms in total. The summed E-state index contributed by atoms with van der Waals surface area (Å²) in [5, 5.41) is 6.04. The molecule has 0 aromatic heterocycles. The SMILES string of the molecule is Cl.O=C(NC1CCNCC1)c1cc(F)c(F)cc1I. The molecule has 1 aromatic rings. The summed E-state index contributed by atoms with van der Waals surface area (Å²) in [6.45, 7) is 1.72. The molecule has 1 aromatic carbocycles. The maximum atomic E-state index is 13.1. The fourth-order valence-corrected chi connectivity index (χ4v) is 2.60. The number of rotatable bonds is 2. The quantitative estimate of drug-likeness (QED) is 0.589. The van der Waals surface area contributed by atoms with Crippen LogP contribution in [-0.2, 0) is 0 Å². The van der Waals surface area contributed by atoms with Gasteiger partial charge in [0.2, 0.25) is 0 Å². The van der Waals surface area contributed by atoms with Gasteiger partial charge in [-0.3, -0.25) is 4.79 Å². The average molecular weight is 403 g/mol. The van der Waals surface area contributed by atoms with Crippen molar-refractivity contribution in [2.45, 2.75) is 18.9 Å². The van der Waals surface area contributed by atoms with Crippen LogP contribution in [0.3, 0.4) is 0 Å². The lowest BCUT2D eigenvalue weighted by atomic mass is 10.1. The summed E-state index contributed by atoms with van der Waals surface area (Å²) in [5.74, 6) is -2.27. The van der Waals surface area contributed by atoms with Gasteiger partial charge in [-0.05, 0) is 60.7 Å². The van der Waals surface area contributed by atoms with Gasteiger partial charge in [0.1, 0.15) is 0 Å². The van der Waals surface area contributed by atoms with Crippen molar-refractivity contribution in [2.75, 3.05) is 13.1 Å². The highest BCUT2D eigenvalue weighted by Gasteiger charge is 2.19. The Hall–Kier alpha value is -0.470. The molecule has 2 N–H and O–H groups in total. The van der Waals surface area contributed by atoms with Crippen molar-refractivity contribution in [2.24, 2.45) is 0 Å². The van der Waals surface area contributed by atoms with E-state index in [1.807, 2.05) is 22.6 Å². The molecular formula is C12H14ClF2IN2O. The van der Waals surface area contributed by atoms with Gasteiger partial charge in [-0.25, -0.2) is 8.78 Å². The van der Waals surface area contributed by atoms with E-state index in [0.717, 1.165) is 38.1 Å². The van der Waals surface area contributed by atoms with Crippen LogP contribution in [0.15, 0.2) is 12.1 Å². The second kappa shape index (κ2) is 7.35. The molecule has 0 saturated carbocycles. The molecule has 1 amide bonds. The van der Waals surface area contributed by atoms with E-state index in [2.05, 4.69) is 10.6 Å². The molecule has 0 spiro atoms. The predicted octanol–water partition coefficient (Wildman–Crippen LogP) is 2.47. The van der Waals surface area contributed by atoms with Gasteiger partial charge in [-0.1, -0.05) is 0 Å². The molecule has 7 heteroatoms. The minimum atomic E-state index is -0.995. The second-order valence-electron chi connectivity index (χ2n) is 4.24. The molecule has 1 aliphatic heterocycles. The highest BCUT2D eigenvalue weighted by molar-refractivity contribution is 14.1. The molecule has 0 aliphatic carbocycles. The Balaban J connectivity index is 0.00000180. The van der Waals surface area contributed by atoms with Crippen molar-refractivity contribution in [1.82, 2.24) is 10.6 Å². The molecule has 1 aliphatic rings.